The van der Waals surface area contributed by atoms with Crippen LogP contribution in [0.1, 0.15) is 37.9 Å². The molecule has 0 radical (unpaired) electrons. The third kappa shape index (κ3) is 7.97. The standard InChI is InChI=1S/C26H28I2N4O7/c1-5-37-24-16(9-17(27)11-18(24)28)12-29-32-21(33)13-39-19-8-7-15(10-20(19)36-4)23-22(25(34)38-6-2)14(3)30-26(35)31-23/h7-12,23H,5-6,13H2,1-4H3,(H,32,33)(H2,30,31,35)/b29-12+/t23-/m1/s1. The van der Waals surface area contributed by atoms with Crippen LogP contribution in [-0.2, 0) is 14.3 Å². The number of urea groups is 1. The van der Waals surface area contributed by atoms with Crippen molar-refractivity contribution in [3.05, 3.63) is 59.9 Å². The number of hydrogen-bond acceptors (Lipinski definition) is 8. The van der Waals surface area contributed by atoms with Crippen LogP contribution in [0.5, 0.6) is 17.2 Å². The van der Waals surface area contributed by atoms with E-state index in [1.807, 2.05) is 19.1 Å². The molecule has 0 saturated heterocycles. The Morgan fingerprint density at radius 3 is 2.56 bits per heavy atom. The maximum absolute atomic E-state index is 12.6. The van der Waals surface area contributed by atoms with E-state index in [4.69, 9.17) is 18.9 Å². The Morgan fingerprint density at radius 2 is 1.87 bits per heavy atom. The Bertz CT molecular complexity index is 1310. The first-order chi connectivity index (χ1) is 18.7. The summed E-state index contributed by atoms with van der Waals surface area (Å²) in [7, 11) is 1.45. The Hall–Kier alpha value is -3.08. The minimum absolute atomic E-state index is 0.191. The van der Waals surface area contributed by atoms with Crippen molar-refractivity contribution in [3.8, 4) is 17.2 Å². The highest BCUT2D eigenvalue weighted by molar-refractivity contribution is 14.1. The van der Waals surface area contributed by atoms with Gasteiger partial charge in [0.15, 0.2) is 18.1 Å². The lowest BCUT2D eigenvalue weighted by molar-refractivity contribution is -0.139. The number of esters is 1. The summed E-state index contributed by atoms with van der Waals surface area (Å²) in [5.41, 5.74) is 4.43. The van der Waals surface area contributed by atoms with Gasteiger partial charge in [-0.05, 0) is 95.8 Å². The van der Waals surface area contributed by atoms with Gasteiger partial charge in [-0.1, -0.05) is 6.07 Å². The van der Waals surface area contributed by atoms with Gasteiger partial charge in [-0.3, -0.25) is 4.79 Å². The molecule has 1 atom stereocenters. The van der Waals surface area contributed by atoms with Gasteiger partial charge >= 0.3 is 12.0 Å². The van der Waals surface area contributed by atoms with Crippen molar-refractivity contribution in [2.45, 2.75) is 26.8 Å². The monoisotopic (exact) mass is 762 g/mol. The van der Waals surface area contributed by atoms with Crippen LogP contribution in [0.3, 0.4) is 0 Å². The number of allylic oxidation sites excluding steroid dienone is 1. The molecule has 1 aliphatic rings. The van der Waals surface area contributed by atoms with Gasteiger partial charge in [-0.2, -0.15) is 5.10 Å². The van der Waals surface area contributed by atoms with E-state index in [1.54, 1.807) is 32.0 Å². The number of methoxy groups -OCH3 is 1. The fourth-order valence-corrected chi connectivity index (χ4v) is 5.77. The zero-order valence-electron chi connectivity index (χ0n) is 21.7. The smallest absolute Gasteiger partial charge is 0.338 e. The van der Waals surface area contributed by atoms with E-state index >= 15 is 0 Å². The summed E-state index contributed by atoms with van der Waals surface area (Å²) in [6, 6.07) is 7.58. The number of carbonyl (C=O) groups is 3. The number of hydrogen-bond donors (Lipinski definition) is 3. The van der Waals surface area contributed by atoms with Gasteiger partial charge in [-0.15, -0.1) is 0 Å². The van der Waals surface area contributed by atoms with E-state index in [-0.39, 0.29) is 18.8 Å². The van der Waals surface area contributed by atoms with Crippen LogP contribution in [0.4, 0.5) is 4.79 Å². The minimum atomic E-state index is -0.760. The lowest BCUT2D eigenvalue weighted by atomic mass is 9.95. The fraction of sp³-hybridized carbons (Fsp3) is 0.308. The molecule has 0 fully saturated rings. The van der Waals surface area contributed by atoms with Gasteiger partial charge in [0.1, 0.15) is 5.75 Å². The van der Waals surface area contributed by atoms with Crippen molar-refractivity contribution in [1.29, 1.82) is 0 Å². The number of carbonyl (C=O) groups excluding carboxylic acids is 3. The molecular weight excluding hydrogens is 734 g/mol. The fourth-order valence-electron chi connectivity index (χ4n) is 3.73. The van der Waals surface area contributed by atoms with Gasteiger partial charge < -0.3 is 29.6 Å². The third-order valence-corrected chi connectivity index (χ3v) is 6.79. The van der Waals surface area contributed by atoms with E-state index in [0.29, 0.717) is 35.1 Å². The van der Waals surface area contributed by atoms with Crippen molar-refractivity contribution in [1.82, 2.24) is 16.1 Å². The molecule has 0 aliphatic carbocycles. The highest BCUT2D eigenvalue weighted by Gasteiger charge is 2.32. The van der Waals surface area contributed by atoms with Crippen LogP contribution < -0.4 is 30.3 Å². The maximum atomic E-state index is 12.6. The second-order valence-electron chi connectivity index (χ2n) is 8.02. The molecule has 2 aromatic rings. The van der Waals surface area contributed by atoms with Crippen LogP contribution >= 0.6 is 45.2 Å². The van der Waals surface area contributed by atoms with Crippen molar-refractivity contribution in [2.75, 3.05) is 26.9 Å². The molecular formula is C26H28I2N4O7. The number of ether oxygens (including phenoxy) is 4. The summed E-state index contributed by atoms with van der Waals surface area (Å²) in [6.45, 7) is 5.60. The molecule has 11 nitrogen and oxygen atoms in total. The molecule has 3 rings (SSSR count). The highest BCUT2D eigenvalue weighted by Crippen LogP contribution is 2.34. The maximum Gasteiger partial charge on any atom is 0.338 e. The Labute approximate surface area is 253 Å². The molecule has 0 aromatic heterocycles. The van der Waals surface area contributed by atoms with Crippen molar-refractivity contribution in [2.24, 2.45) is 5.10 Å². The van der Waals surface area contributed by atoms with Crippen molar-refractivity contribution >= 4 is 69.3 Å². The Balaban J connectivity index is 1.70. The number of halogens is 2. The number of benzene rings is 2. The largest absolute Gasteiger partial charge is 0.493 e. The molecule has 0 spiro atoms. The van der Waals surface area contributed by atoms with E-state index < -0.39 is 23.9 Å². The van der Waals surface area contributed by atoms with Gasteiger partial charge in [0, 0.05) is 14.8 Å². The summed E-state index contributed by atoms with van der Waals surface area (Å²) in [4.78, 5) is 37.1. The zero-order valence-corrected chi connectivity index (χ0v) is 26.0. The summed E-state index contributed by atoms with van der Waals surface area (Å²) in [6.07, 6.45) is 1.52. The first-order valence-electron chi connectivity index (χ1n) is 11.9. The predicted octanol–water partition coefficient (Wildman–Crippen LogP) is 4.02. The average Bonchev–Trinajstić information content (AvgIpc) is 2.88. The van der Waals surface area contributed by atoms with Crippen molar-refractivity contribution in [3.63, 3.8) is 0 Å². The lowest BCUT2D eigenvalue weighted by Gasteiger charge is -2.28. The Morgan fingerprint density at radius 1 is 1.10 bits per heavy atom. The minimum Gasteiger partial charge on any atom is -0.493 e. The second kappa shape index (κ2) is 14.3. The SMILES string of the molecule is CCOC(=O)C1=C(C)NC(=O)N[C@@H]1c1ccc(OCC(=O)N/N=C/c2cc(I)cc(I)c2OCC)c(OC)c1. The summed E-state index contributed by atoms with van der Waals surface area (Å²) < 4.78 is 23.9. The molecule has 1 heterocycles. The number of rotatable bonds is 11. The number of hydrazone groups is 1. The summed E-state index contributed by atoms with van der Waals surface area (Å²) >= 11 is 4.40. The van der Waals surface area contributed by atoms with E-state index in [0.717, 1.165) is 12.7 Å². The van der Waals surface area contributed by atoms with Crippen LogP contribution in [0.2, 0.25) is 0 Å². The molecule has 0 bridgehead atoms. The van der Waals surface area contributed by atoms with E-state index in [2.05, 4.69) is 66.3 Å². The van der Waals surface area contributed by atoms with Crippen LogP contribution in [0, 0.1) is 7.14 Å². The van der Waals surface area contributed by atoms with Gasteiger partial charge in [0.2, 0.25) is 0 Å². The molecule has 1 aliphatic heterocycles. The molecule has 0 saturated carbocycles. The van der Waals surface area contributed by atoms with Crippen molar-refractivity contribution < 1.29 is 33.3 Å². The number of nitrogens with zero attached hydrogens (tertiary/aromatic N) is 1. The van der Waals surface area contributed by atoms with Gasteiger partial charge in [-0.25, -0.2) is 15.0 Å². The van der Waals surface area contributed by atoms with Crippen LogP contribution in [0.15, 0.2) is 46.7 Å². The molecule has 208 valence electrons. The first-order valence-corrected chi connectivity index (χ1v) is 14.0. The quantitative estimate of drug-likeness (QED) is 0.136. The first kappa shape index (κ1) is 30.5. The molecule has 39 heavy (non-hydrogen) atoms. The van der Waals surface area contributed by atoms with Gasteiger partial charge in [0.25, 0.3) is 5.91 Å². The molecule has 3 N–H and O–H groups in total. The zero-order chi connectivity index (χ0) is 28.5. The normalized spacial score (nSPS) is 14.9. The lowest BCUT2D eigenvalue weighted by Crippen LogP contribution is -2.45. The molecule has 2 aromatic carbocycles. The third-order valence-electron chi connectivity index (χ3n) is 5.36. The highest BCUT2D eigenvalue weighted by atomic mass is 127. The van der Waals surface area contributed by atoms with E-state index in [1.165, 1.54) is 13.3 Å². The van der Waals surface area contributed by atoms with Gasteiger partial charge in [0.05, 0.1) is 41.7 Å². The Kier molecular flexibility index (Phi) is 11.2. The predicted molar refractivity (Wildman–Crippen MR) is 161 cm³/mol. The van der Waals surface area contributed by atoms with Crippen LogP contribution in [-0.4, -0.2) is 51.1 Å². The molecule has 13 heteroatoms. The summed E-state index contributed by atoms with van der Waals surface area (Å²) in [5.74, 6) is 0.275. The number of nitrogens with one attached hydrogen (secondary N) is 3. The molecule has 0 unspecified atom stereocenters. The average molecular weight is 762 g/mol. The summed E-state index contributed by atoms with van der Waals surface area (Å²) in [5, 5.41) is 9.36. The number of amides is 3. The van der Waals surface area contributed by atoms with E-state index in [9.17, 15) is 14.4 Å². The topological polar surface area (TPSA) is 137 Å². The van der Waals surface area contributed by atoms with Crippen LogP contribution in [0.25, 0.3) is 0 Å². The molecule has 3 amide bonds. The second-order valence-corrected chi connectivity index (χ2v) is 10.4.